The molecule has 1 amide bonds. The van der Waals surface area contributed by atoms with Crippen molar-refractivity contribution in [1.82, 2.24) is 4.90 Å². The number of aliphatic carboxylic acids is 1. The van der Waals surface area contributed by atoms with Crippen LogP contribution in [0, 0.1) is 0 Å². The molecule has 0 aliphatic carbocycles. The topological polar surface area (TPSA) is 89.9 Å². The van der Waals surface area contributed by atoms with Gasteiger partial charge in [-0.15, -0.1) is 0 Å². The molecule has 6 nitrogen and oxygen atoms in total. The molecule has 0 aromatic carbocycles. The number of allylic oxidation sites excluding steroid dienone is 2. The summed E-state index contributed by atoms with van der Waals surface area (Å²) in [5, 5.41) is 21.1. The van der Waals surface area contributed by atoms with Gasteiger partial charge in [0, 0.05) is 18.9 Å². The summed E-state index contributed by atoms with van der Waals surface area (Å²) in [5.41, 5.74) is -1.47. The first-order valence-corrected chi connectivity index (χ1v) is 6.66. The average Bonchev–Trinajstić information content (AvgIpc) is 2.42. The van der Waals surface area contributed by atoms with Crippen LogP contribution >= 0.6 is 0 Å². The maximum Gasteiger partial charge on any atom is 0.412 e. The van der Waals surface area contributed by atoms with E-state index in [2.05, 4.69) is 0 Å². The van der Waals surface area contributed by atoms with Gasteiger partial charge in [-0.05, 0) is 40.5 Å². The Bertz CT molecular complexity index is 425. The normalized spacial score (nSPS) is 29.2. The third-order valence-electron chi connectivity index (χ3n) is 3.77. The lowest BCUT2D eigenvalue weighted by Gasteiger charge is -2.37. The second-order valence-corrected chi connectivity index (χ2v) is 5.71. The van der Waals surface area contributed by atoms with Crippen molar-refractivity contribution in [2.45, 2.75) is 58.3 Å². The second-order valence-electron chi connectivity index (χ2n) is 5.71. The number of carboxylic acid groups (broad SMARTS) is 1. The van der Waals surface area contributed by atoms with Crippen LogP contribution in [0.25, 0.3) is 0 Å². The predicted molar refractivity (Wildman–Crippen MR) is 70.5 cm³/mol. The van der Waals surface area contributed by atoms with Crippen molar-refractivity contribution in [3.63, 3.8) is 0 Å². The van der Waals surface area contributed by atoms with Gasteiger partial charge in [-0.2, -0.15) is 0 Å². The van der Waals surface area contributed by atoms with E-state index in [1.54, 1.807) is 6.92 Å². The fourth-order valence-corrected chi connectivity index (χ4v) is 2.24. The minimum absolute atomic E-state index is 0.133. The lowest BCUT2D eigenvalue weighted by molar-refractivity contribution is -0.306. The number of hydrogen-bond donors (Lipinski definition) is 1. The van der Waals surface area contributed by atoms with Crippen LogP contribution in [0.5, 0.6) is 0 Å². The van der Waals surface area contributed by atoms with E-state index in [1.165, 1.54) is 6.92 Å². The van der Waals surface area contributed by atoms with Gasteiger partial charge in [-0.1, -0.05) is 11.6 Å². The predicted octanol–water partition coefficient (Wildman–Crippen LogP) is 0.792. The van der Waals surface area contributed by atoms with Crippen molar-refractivity contribution in [3.8, 4) is 0 Å². The summed E-state index contributed by atoms with van der Waals surface area (Å²) in [7, 11) is 0. The molecule has 20 heavy (non-hydrogen) atoms. The van der Waals surface area contributed by atoms with E-state index >= 15 is 0 Å². The van der Waals surface area contributed by atoms with Gasteiger partial charge >= 0.3 is 6.09 Å². The number of amides is 1. The first kappa shape index (κ1) is 16.5. The molecule has 0 radical (unpaired) electrons. The first-order chi connectivity index (χ1) is 9.10. The average molecular weight is 284 g/mol. The van der Waals surface area contributed by atoms with E-state index < -0.39 is 23.4 Å². The molecule has 114 valence electrons. The van der Waals surface area contributed by atoms with Crippen molar-refractivity contribution >= 4 is 12.1 Å². The summed E-state index contributed by atoms with van der Waals surface area (Å²) >= 11 is 0. The third kappa shape index (κ3) is 3.30. The van der Waals surface area contributed by atoms with Crippen LogP contribution in [0.1, 0.15) is 47.0 Å². The summed E-state index contributed by atoms with van der Waals surface area (Å²) in [6, 6.07) is 0. The minimum atomic E-state index is -1.55. The monoisotopic (exact) mass is 284 g/mol. The van der Waals surface area contributed by atoms with Gasteiger partial charge < -0.3 is 19.7 Å². The zero-order chi connectivity index (χ0) is 15.6. The highest BCUT2D eigenvalue weighted by Crippen LogP contribution is 2.40. The molecule has 1 fully saturated rings. The van der Waals surface area contributed by atoms with Gasteiger partial charge in [-0.25, -0.2) is 4.79 Å². The Labute approximate surface area is 119 Å². The Morgan fingerprint density at radius 3 is 2.55 bits per heavy atom. The Hall–Kier alpha value is -1.56. The van der Waals surface area contributed by atoms with Gasteiger partial charge in [0.25, 0.3) is 0 Å². The molecule has 0 aromatic rings. The molecule has 0 bridgehead atoms. The van der Waals surface area contributed by atoms with Crippen LogP contribution in [-0.2, 0) is 9.53 Å². The standard InChI is InChI=1S/C14H23NO5/c1-10(2)6-5-8-13(3)14(4,19)15(12(18)20-13)9-7-11(16)17/h6,19H,5,7-9H2,1-4H3,(H,16,17)/p-1/t13-,14-/m1/s1. The smallest absolute Gasteiger partial charge is 0.412 e. The first-order valence-electron chi connectivity index (χ1n) is 6.66. The second kappa shape index (κ2) is 5.83. The summed E-state index contributed by atoms with van der Waals surface area (Å²) in [6.45, 7) is 6.92. The summed E-state index contributed by atoms with van der Waals surface area (Å²) in [4.78, 5) is 23.4. The van der Waals surface area contributed by atoms with Crippen molar-refractivity contribution < 1.29 is 24.5 Å². The number of nitrogens with zero attached hydrogens (tertiary/aromatic N) is 1. The molecule has 1 N–H and O–H groups in total. The SMILES string of the molecule is CC(C)=CCC[C@@]1(C)OC(=O)N(CCC(=O)[O-])[C@]1(C)O. The van der Waals surface area contributed by atoms with Crippen LogP contribution in [0.4, 0.5) is 4.79 Å². The Balaban J connectivity index is 2.81. The van der Waals surface area contributed by atoms with Crippen LogP contribution in [-0.4, -0.2) is 39.9 Å². The Kier molecular flexibility index (Phi) is 4.81. The van der Waals surface area contributed by atoms with Crippen molar-refractivity contribution in [2.75, 3.05) is 6.54 Å². The molecule has 0 saturated carbocycles. The number of rotatable bonds is 6. The van der Waals surface area contributed by atoms with Crippen LogP contribution in [0.3, 0.4) is 0 Å². The molecular weight excluding hydrogens is 262 g/mol. The number of carbonyl (C=O) groups is 2. The number of hydrogen-bond acceptors (Lipinski definition) is 5. The van der Waals surface area contributed by atoms with Gasteiger partial charge in [0.1, 0.15) is 0 Å². The molecule has 1 heterocycles. The molecule has 1 rings (SSSR count). The quantitative estimate of drug-likeness (QED) is 0.728. The summed E-state index contributed by atoms with van der Waals surface area (Å²) < 4.78 is 5.29. The highest BCUT2D eigenvalue weighted by molar-refractivity contribution is 5.73. The van der Waals surface area contributed by atoms with Crippen LogP contribution in [0.15, 0.2) is 11.6 Å². The van der Waals surface area contributed by atoms with Crippen LogP contribution in [0.2, 0.25) is 0 Å². The van der Waals surface area contributed by atoms with Crippen molar-refractivity contribution in [1.29, 1.82) is 0 Å². The van der Waals surface area contributed by atoms with E-state index in [0.717, 1.165) is 10.5 Å². The fourth-order valence-electron chi connectivity index (χ4n) is 2.24. The molecule has 1 aliphatic heterocycles. The van der Waals surface area contributed by atoms with E-state index in [-0.39, 0.29) is 13.0 Å². The number of carboxylic acids is 1. The molecule has 0 spiro atoms. The van der Waals surface area contributed by atoms with E-state index in [4.69, 9.17) is 4.74 Å². The summed E-state index contributed by atoms with van der Waals surface area (Å²) in [5.74, 6) is -1.27. The van der Waals surface area contributed by atoms with Crippen LogP contribution < -0.4 is 5.11 Å². The Morgan fingerprint density at radius 1 is 1.45 bits per heavy atom. The molecule has 0 aromatic heterocycles. The van der Waals surface area contributed by atoms with E-state index in [0.29, 0.717) is 12.8 Å². The lowest BCUT2D eigenvalue weighted by atomic mass is 9.88. The lowest BCUT2D eigenvalue weighted by Crippen LogP contribution is -2.55. The largest absolute Gasteiger partial charge is 0.550 e. The highest BCUT2D eigenvalue weighted by atomic mass is 16.6. The summed E-state index contributed by atoms with van der Waals surface area (Å²) in [6.07, 6.45) is 2.08. The van der Waals surface area contributed by atoms with Gasteiger partial charge in [0.2, 0.25) is 0 Å². The van der Waals surface area contributed by atoms with E-state index in [1.807, 2.05) is 19.9 Å². The van der Waals surface area contributed by atoms with Gasteiger partial charge in [0.15, 0.2) is 11.3 Å². The molecule has 2 atom stereocenters. The van der Waals surface area contributed by atoms with Gasteiger partial charge in [-0.3, -0.25) is 4.90 Å². The minimum Gasteiger partial charge on any atom is -0.550 e. The molecule has 6 heteroatoms. The van der Waals surface area contributed by atoms with Crippen molar-refractivity contribution in [3.05, 3.63) is 11.6 Å². The Morgan fingerprint density at radius 2 is 2.05 bits per heavy atom. The number of cyclic esters (lactones) is 1. The molecule has 1 aliphatic rings. The fraction of sp³-hybridized carbons (Fsp3) is 0.714. The number of aliphatic hydroxyl groups is 1. The maximum atomic E-state index is 11.8. The number of ether oxygens (including phenoxy) is 1. The van der Waals surface area contributed by atoms with Gasteiger partial charge in [0.05, 0.1) is 0 Å². The number of carbonyl (C=O) groups excluding carboxylic acids is 2. The third-order valence-corrected chi connectivity index (χ3v) is 3.77. The molecule has 0 unspecified atom stereocenters. The zero-order valence-electron chi connectivity index (χ0n) is 12.4. The zero-order valence-corrected chi connectivity index (χ0v) is 12.4. The highest BCUT2D eigenvalue weighted by Gasteiger charge is 2.58. The van der Waals surface area contributed by atoms with Crippen molar-refractivity contribution in [2.24, 2.45) is 0 Å². The maximum absolute atomic E-state index is 11.8. The van der Waals surface area contributed by atoms with E-state index in [9.17, 15) is 19.8 Å². The molecular formula is C14H22NO5-. The molecule has 1 saturated heterocycles.